The van der Waals surface area contributed by atoms with Gasteiger partial charge in [0.2, 0.25) is 5.60 Å². The van der Waals surface area contributed by atoms with Gasteiger partial charge in [0, 0.05) is 28.7 Å². The second-order valence-corrected chi connectivity index (χ2v) is 22.8. The van der Waals surface area contributed by atoms with Gasteiger partial charge in [0.15, 0.2) is 0 Å². The SMILES string of the molecule is CCC1(OC(=O)CCNC(=O)OC(C)(C)C)C(=O)OC([Si](C)(C)C(C)(C)C)c2c1cc1n(c2=O)Cc2cc3cc(NC(=O)OC(C)(C)C)ccc3nc2-1. The highest BCUT2D eigenvalue weighted by molar-refractivity contribution is 6.81. The summed E-state index contributed by atoms with van der Waals surface area (Å²) >= 11 is 0. The van der Waals surface area contributed by atoms with Gasteiger partial charge < -0.3 is 28.8 Å². The molecule has 0 bridgehead atoms. The molecule has 0 radical (unpaired) electrons. The first-order valence-corrected chi connectivity index (χ1v) is 21.1. The van der Waals surface area contributed by atoms with Crippen molar-refractivity contribution in [3.63, 3.8) is 0 Å². The minimum absolute atomic E-state index is 0.00259. The van der Waals surface area contributed by atoms with Crippen LogP contribution in [0.3, 0.4) is 0 Å². The molecule has 286 valence electrons. The molecule has 0 aliphatic carbocycles. The van der Waals surface area contributed by atoms with Gasteiger partial charge in [0.25, 0.3) is 5.56 Å². The van der Waals surface area contributed by atoms with Crippen molar-refractivity contribution in [3.05, 3.63) is 57.4 Å². The van der Waals surface area contributed by atoms with Crippen molar-refractivity contribution in [2.45, 2.75) is 129 Å². The fraction of sp³-hybridized carbons (Fsp3) is 0.538. The number of cyclic esters (lactones) is 1. The molecule has 2 aliphatic heterocycles. The first-order chi connectivity index (χ1) is 24.4. The number of esters is 2. The van der Waals surface area contributed by atoms with Gasteiger partial charge in [0.1, 0.15) is 25.0 Å². The van der Waals surface area contributed by atoms with Crippen molar-refractivity contribution in [1.82, 2.24) is 14.9 Å². The molecule has 3 aromatic rings. The highest BCUT2D eigenvalue weighted by Crippen LogP contribution is 2.51. The highest BCUT2D eigenvalue weighted by Gasteiger charge is 2.58. The number of aromatic nitrogens is 2. The second kappa shape index (κ2) is 13.6. The molecule has 0 fully saturated rings. The maximum Gasteiger partial charge on any atom is 0.412 e. The van der Waals surface area contributed by atoms with Crippen molar-refractivity contribution in [1.29, 1.82) is 0 Å². The number of rotatable bonds is 7. The van der Waals surface area contributed by atoms with Gasteiger partial charge in [-0.05, 0) is 83.3 Å². The molecule has 2 N–H and O–H groups in total. The van der Waals surface area contributed by atoms with Gasteiger partial charge >= 0.3 is 24.1 Å². The molecule has 14 heteroatoms. The topological polar surface area (TPSA) is 164 Å². The van der Waals surface area contributed by atoms with Crippen LogP contribution in [-0.2, 0) is 40.7 Å². The van der Waals surface area contributed by atoms with Crippen LogP contribution >= 0.6 is 0 Å². The molecule has 4 heterocycles. The zero-order valence-corrected chi connectivity index (χ0v) is 33.9. The van der Waals surface area contributed by atoms with E-state index in [1.54, 1.807) is 77.3 Å². The summed E-state index contributed by atoms with van der Waals surface area (Å²) in [5.74, 6) is -1.49. The number of carbonyl (C=O) groups is 4. The number of amides is 2. The molecular formula is C39H52N4O9Si. The number of anilines is 1. The fourth-order valence-corrected chi connectivity index (χ4v) is 8.63. The Bertz CT molecular complexity index is 2050. The van der Waals surface area contributed by atoms with E-state index >= 15 is 0 Å². The quantitative estimate of drug-likeness (QED) is 0.110. The van der Waals surface area contributed by atoms with Gasteiger partial charge in [-0.1, -0.05) is 40.8 Å². The van der Waals surface area contributed by atoms with E-state index in [0.29, 0.717) is 33.7 Å². The van der Waals surface area contributed by atoms with Gasteiger partial charge in [-0.15, -0.1) is 0 Å². The normalized spacial score (nSPS) is 18.3. The largest absolute Gasteiger partial charge is 0.458 e. The average molecular weight is 749 g/mol. The summed E-state index contributed by atoms with van der Waals surface area (Å²) < 4.78 is 24.6. The lowest BCUT2D eigenvalue weighted by Crippen LogP contribution is -2.56. The lowest BCUT2D eigenvalue weighted by molar-refractivity contribution is -0.190. The Kier molecular flexibility index (Phi) is 10.1. The van der Waals surface area contributed by atoms with Crippen molar-refractivity contribution in [2.24, 2.45) is 0 Å². The number of hydrogen-bond acceptors (Lipinski definition) is 10. The Morgan fingerprint density at radius 1 is 0.962 bits per heavy atom. The van der Waals surface area contributed by atoms with E-state index in [0.717, 1.165) is 10.9 Å². The van der Waals surface area contributed by atoms with Crippen LogP contribution in [0.4, 0.5) is 15.3 Å². The van der Waals surface area contributed by atoms with Gasteiger partial charge in [0.05, 0.1) is 35.4 Å². The zero-order chi connectivity index (χ0) is 39.5. The van der Waals surface area contributed by atoms with Crippen LogP contribution in [0.5, 0.6) is 0 Å². The lowest BCUT2D eigenvalue weighted by Gasteiger charge is -2.47. The Balaban J connectivity index is 1.58. The summed E-state index contributed by atoms with van der Waals surface area (Å²) in [6.07, 6.45) is -1.51. The van der Waals surface area contributed by atoms with Crippen LogP contribution in [0.1, 0.15) is 104 Å². The summed E-state index contributed by atoms with van der Waals surface area (Å²) in [5, 5.41) is 5.77. The first-order valence-electron chi connectivity index (χ1n) is 18.0. The Labute approximate surface area is 311 Å². The van der Waals surface area contributed by atoms with Crippen LogP contribution in [0.15, 0.2) is 35.1 Å². The minimum Gasteiger partial charge on any atom is -0.458 e. The number of ether oxygens (including phenoxy) is 4. The van der Waals surface area contributed by atoms with Gasteiger partial charge in [-0.3, -0.25) is 14.9 Å². The van der Waals surface area contributed by atoms with Crippen LogP contribution in [-0.4, -0.2) is 59.5 Å². The number of pyridine rings is 2. The summed E-state index contributed by atoms with van der Waals surface area (Å²) in [6.45, 7) is 22.8. The third kappa shape index (κ3) is 7.83. The Hall–Kier alpha value is -4.72. The molecule has 53 heavy (non-hydrogen) atoms. The van der Waals surface area contributed by atoms with Crippen LogP contribution < -0.4 is 16.2 Å². The smallest absolute Gasteiger partial charge is 0.412 e. The van der Waals surface area contributed by atoms with E-state index in [-0.39, 0.29) is 36.5 Å². The number of fused-ring (bicyclic) bond motifs is 5. The molecule has 0 spiro atoms. The van der Waals surface area contributed by atoms with E-state index in [1.165, 1.54) is 0 Å². The Morgan fingerprint density at radius 2 is 1.60 bits per heavy atom. The molecule has 1 aromatic carbocycles. The molecular weight excluding hydrogens is 697 g/mol. The molecule has 2 aromatic heterocycles. The predicted molar refractivity (Wildman–Crippen MR) is 203 cm³/mol. The zero-order valence-electron chi connectivity index (χ0n) is 32.9. The number of carbonyl (C=O) groups excluding carboxylic acids is 4. The van der Waals surface area contributed by atoms with Crippen molar-refractivity contribution < 1.29 is 38.1 Å². The molecule has 13 nitrogen and oxygen atoms in total. The summed E-state index contributed by atoms with van der Waals surface area (Å²) in [4.78, 5) is 72.0. The van der Waals surface area contributed by atoms with Gasteiger partial charge in [-0.2, -0.15) is 0 Å². The Morgan fingerprint density at radius 3 is 2.21 bits per heavy atom. The minimum atomic E-state index is -2.60. The molecule has 2 aliphatic rings. The second-order valence-electron chi connectivity index (χ2n) is 17.4. The number of nitrogens with one attached hydrogen (secondary N) is 2. The van der Waals surface area contributed by atoms with Crippen molar-refractivity contribution in [2.75, 3.05) is 11.9 Å². The van der Waals surface area contributed by atoms with Gasteiger partial charge in [-0.25, -0.2) is 19.4 Å². The van der Waals surface area contributed by atoms with E-state index in [2.05, 4.69) is 44.5 Å². The van der Waals surface area contributed by atoms with Crippen molar-refractivity contribution >= 4 is 48.8 Å². The highest BCUT2D eigenvalue weighted by atomic mass is 28.3. The number of benzene rings is 1. The predicted octanol–water partition coefficient (Wildman–Crippen LogP) is 7.48. The molecule has 0 saturated heterocycles. The van der Waals surface area contributed by atoms with Crippen LogP contribution in [0.25, 0.3) is 22.3 Å². The monoisotopic (exact) mass is 748 g/mol. The summed E-state index contributed by atoms with van der Waals surface area (Å²) in [5.41, 5.74) is -0.864. The third-order valence-electron chi connectivity index (χ3n) is 10.1. The van der Waals surface area contributed by atoms with Crippen LogP contribution in [0, 0.1) is 0 Å². The van der Waals surface area contributed by atoms with E-state index in [4.69, 9.17) is 23.9 Å². The number of hydrogen-bond donors (Lipinski definition) is 2. The molecule has 5 rings (SSSR count). The first kappa shape index (κ1) is 39.5. The van der Waals surface area contributed by atoms with E-state index < -0.39 is 54.7 Å². The fourth-order valence-electron chi connectivity index (χ4n) is 6.44. The molecule has 2 amide bonds. The summed E-state index contributed by atoms with van der Waals surface area (Å²) in [6, 6.07) is 8.98. The number of nitrogens with zero attached hydrogens (tertiary/aromatic N) is 2. The van der Waals surface area contributed by atoms with Crippen LogP contribution in [0.2, 0.25) is 18.1 Å². The molecule has 2 atom stereocenters. The maximum absolute atomic E-state index is 14.8. The maximum atomic E-state index is 14.8. The molecule has 2 unspecified atom stereocenters. The standard InChI is InChI=1S/C39H52N4O9Si/c1-13-39(50-28(44)16-17-40-34(47)51-36(2,3)4)25-20-27-30-23(18-22-19-24(14-15-26(22)42-30)41-35(48)52-37(5,6)7)21-43(27)31(45)29(25)32(49-33(39)46)53(11,12)38(8,9)10/h14-15,18-20,32H,13,16-17,21H2,1-12H3,(H,40,47)(H,41,48). The third-order valence-corrected chi connectivity index (χ3v) is 15.7. The number of alkyl carbamates (subject to hydrolysis) is 1. The van der Waals surface area contributed by atoms with E-state index in [1.807, 2.05) is 6.07 Å². The average Bonchev–Trinajstić information content (AvgIpc) is 3.36. The lowest BCUT2D eigenvalue weighted by atomic mass is 9.85. The summed E-state index contributed by atoms with van der Waals surface area (Å²) in [7, 11) is -2.60. The van der Waals surface area contributed by atoms with E-state index in [9.17, 15) is 24.0 Å². The molecule has 0 saturated carbocycles. The van der Waals surface area contributed by atoms with Crippen molar-refractivity contribution in [3.8, 4) is 11.4 Å².